The third-order valence-electron chi connectivity index (χ3n) is 3.28. The average Bonchev–Trinajstić information content (AvgIpc) is 2.33. The molecule has 1 aromatic rings. The van der Waals surface area contributed by atoms with Crippen molar-refractivity contribution in [3.8, 4) is 0 Å². The SMILES string of the molecule is CC1CSCCN1C(CN)c1cccc(I)c1. The molecule has 0 bridgehead atoms. The molecule has 4 heteroatoms. The topological polar surface area (TPSA) is 29.3 Å². The van der Waals surface area contributed by atoms with E-state index >= 15 is 0 Å². The summed E-state index contributed by atoms with van der Waals surface area (Å²) in [6.45, 7) is 4.16. The van der Waals surface area contributed by atoms with Gasteiger partial charge in [0.25, 0.3) is 0 Å². The van der Waals surface area contributed by atoms with Crippen molar-refractivity contribution < 1.29 is 0 Å². The number of rotatable bonds is 3. The summed E-state index contributed by atoms with van der Waals surface area (Å²) in [4.78, 5) is 2.56. The first-order chi connectivity index (χ1) is 8.22. The third kappa shape index (κ3) is 3.36. The molecule has 0 amide bonds. The molecule has 1 aliphatic heterocycles. The van der Waals surface area contributed by atoms with Crippen molar-refractivity contribution in [3.05, 3.63) is 33.4 Å². The summed E-state index contributed by atoms with van der Waals surface area (Å²) in [5.74, 6) is 2.45. The molecular weight excluding hydrogens is 343 g/mol. The Morgan fingerprint density at radius 1 is 1.59 bits per heavy atom. The number of nitrogens with two attached hydrogens (primary N) is 1. The van der Waals surface area contributed by atoms with Crippen LogP contribution in [0.25, 0.3) is 0 Å². The van der Waals surface area contributed by atoms with E-state index < -0.39 is 0 Å². The van der Waals surface area contributed by atoms with Gasteiger partial charge in [0.2, 0.25) is 0 Å². The zero-order valence-electron chi connectivity index (χ0n) is 10.1. The molecule has 0 radical (unpaired) electrons. The van der Waals surface area contributed by atoms with Crippen LogP contribution in [0.1, 0.15) is 18.5 Å². The molecule has 1 saturated heterocycles. The van der Waals surface area contributed by atoms with E-state index in [0.717, 1.165) is 6.54 Å². The maximum atomic E-state index is 6.00. The van der Waals surface area contributed by atoms with Crippen LogP contribution in [0.15, 0.2) is 24.3 Å². The monoisotopic (exact) mass is 362 g/mol. The number of benzene rings is 1. The van der Waals surface area contributed by atoms with Gasteiger partial charge in [-0.2, -0.15) is 11.8 Å². The summed E-state index contributed by atoms with van der Waals surface area (Å²) in [7, 11) is 0. The fraction of sp³-hybridized carbons (Fsp3) is 0.538. The minimum atomic E-state index is 0.376. The van der Waals surface area contributed by atoms with Gasteiger partial charge in [-0.3, -0.25) is 4.90 Å². The number of thioether (sulfide) groups is 1. The van der Waals surface area contributed by atoms with Gasteiger partial charge in [-0.15, -0.1) is 0 Å². The number of nitrogens with zero attached hydrogens (tertiary/aromatic N) is 1. The van der Waals surface area contributed by atoms with E-state index in [4.69, 9.17) is 5.73 Å². The summed E-state index contributed by atoms with van der Waals surface area (Å²) < 4.78 is 1.29. The molecule has 2 nitrogen and oxygen atoms in total. The summed E-state index contributed by atoms with van der Waals surface area (Å²) in [6, 6.07) is 9.72. The Labute approximate surface area is 121 Å². The Bertz CT molecular complexity index is 372. The molecule has 2 rings (SSSR count). The van der Waals surface area contributed by atoms with Gasteiger partial charge >= 0.3 is 0 Å². The lowest BCUT2D eigenvalue weighted by atomic mass is 10.0. The van der Waals surface area contributed by atoms with E-state index in [-0.39, 0.29) is 0 Å². The zero-order valence-corrected chi connectivity index (χ0v) is 13.1. The fourth-order valence-electron chi connectivity index (χ4n) is 2.38. The van der Waals surface area contributed by atoms with Crippen molar-refractivity contribution in [2.75, 3.05) is 24.6 Å². The number of halogens is 1. The van der Waals surface area contributed by atoms with Crippen LogP contribution in [0, 0.1) is 3.57 Å². The molecule has 94 valence electrons. The second-order valence-electron chi connectivity index (χ2n) is 4.47. The Morgan fingerprint density at radius 3 is 3.06 bits per heavy atom. The van der Waals surface area contributed by atoms with E-state index in [2.05, 4.69) is 58.7 Å². The highest BCUT2D eigenvalue weighted by atomic mass is 127. The second-order valence-corrected chi connectivity index (χ2v) is 6.86. The standard InChI is InChI=1S/C13H19IN2S/c1-10-9-17-6-5-16(10)13(8-15)11-3-2-4-12(14)7-11/h2-4,7,10,13H,5-6,8-9,15H2,1H3. The minimum Gasteiger partial charge on any atom is -0.329 e. The van der Waals surface area contributed by atoms with Crippen LogP contribution in [0.5, 0.6) is 0 Å². The van der Waals surface area contributed by atoms with Crippen LogP contribution in [0.3, 0.4) is 0 Å². The Hall–Kier alpha value is 0.220. The molecule has 17 heavy (non-hydrogen) atoms. The predicted molar refractivity (Wildman–Crippen MR) is 84.4 cm³/mol. The number of hydrogen-bond donors (Lipinski definition) is 1. The Morgan fingerprint density at radius 2 is 2.41 bits per heavy atom. The highest BCUT2D eigenvalue weighted by molar-refractivity contribution is 14.1. The maximum absolute atomic E-state index is 6.00. The zero-order chi connectivity index (χ0) is 12.3. The van der Waals surface area contributed by atoms with Gasteiger partial charge in [-0.05, 0) is 47.2 Å². The van der Waals surface area contributed by atoms with Crippen molar-refractivity contribution in [1.82, 2.24) is 4.90 Å². The molecule has 2 atom stereocenters. The molecule has 1 fully saturated rings. The van der Waals surface area contributed by atoms with Crippen LogP contribution in [-0.4, -0.2) is 35.5 Å². The molecule has 1 heterocycles. The minimum absolute atomic E-state index is 0.376. The predicted octanol–water partition coefficient (Wildman–Crippen LogP) is 2.73. The first-order valence-corrected chi connectivity index (χ1v) is 8.24. The largest absolute Gasteiger partial charge is 0.329 e. The molecule has 0 spiro atoms. The van der Waals surface area contributed by atoms with Crippen LogP contribution in [0.2, 0.25) is 0 Å². The average molecular weight is 362 g/mol. The van der Waals surface area contributed by atoms with Crippen molar-refractivity contribution in [2.24, 2.45) is 5.73 Å². The highest BCUT2D eigenvalue weighted by Gasteiger charge is 2.26. The summed E-state index contributed by atoms with van der Waals surface area (Å²) in [6.07, 6.45) is 0. The molecule has 1 aromatic carbocycles. The molecule has 1 aliphatic rings. The molecule has 0 aliphatic carbocycles. The Kier molecular flexibility index (Phi) is 5.14. The van der Waals surface area contributed by atoms with E-state index in [1.165, 1.54) is 20.6 Å². The van der Waals surface area contributed by atoms with Crippen LogP contribution < -0.4 is 5.73 Å². The lowest BCUT2D eigenvalue weighted by molar-refractivity contribution is 0.166. The van der Waals surface area contributed by atoms with E-state index in [1.807, 2.05) is 11.8 Å². The van der Waals surface area contributed by atoms with E-state index in [1.54, 1.807) is 0 Å². The maximum Gasteiger partial charge on any atom is 0.0474 e. The van der Waals surface area contributed by atoms with Gasteiger partial charge < -0.3 is 5.73 Å². The molecular formula is C13H19IN2S. The quantitative estimate of drug-likeness (QED) is 0.839. The van der Waals surface area contributed by atoms with Crippen LogP contribution >= 0.6 is 34.4 Å². The molecule has 2 N–H and O–H groups in total. The summed E-state index contributed by atoms with van der Waals surface area (Å²) >= 11 is 4.42. The van der Waals surface area contributed by atoms with E-state index in [9.17, 15) is 0 Å². The van der Waals surface area contributed by atoms with Crippen molar-refractivity contribution >= 4 is 34.4 Å². The normalized spacial score (nSPS) is 23.6. The molecule has 0 aromatic heterocycles. The van der Waals surface area contributed by atoms with Gasteiger partial charge in [-0.1, -0.05) is 12.1 Å². The number of hydrogen-bond acceptors (Lipinski definition) is 3. The molecule has 0 saturated carbocycles. The van der Waals surface area contributed by atoms with Crippen molar-refractivity contribution in [1.29, 1.82) is 0 Å². The van der Waals surface area contributed by atoms with Gasteiger partial charge in [0.05, 0.1) is 0 Å². The first-order valence-electron chi connectivity index (χ1n) is 6.01. The molecule has 2 unspecified atom stereocenters. The lowest BCUT2D eigenvalue weighted by Gasteiger charge is -2.39. The van der Waals surface area contributed by atoms with Crippen LogP contribution in [0.4, 0.5) is 0 Å². The summed E-state index contributed by atoms with van der Waals surface area (Å²) in [5.41, 5.74) is 7.36. The summed E-state index contributed by atoms with van der Waals surface area (Å²) in [5, 5.41) is 0. The van der Waals surface area contributed by atoms with Crippen LogP contribution in [-0.2, 0) is 0 Å². The fourth-order valence-corrected chi connectivity index (χ4v) is 3.99. The van der Waals surface area contributed by atoms with Crippen molar-refractivity contribution in [2.45, 2.75) is 19.0 Å². The lowest BCUT2D eigenvalue weighted by Crippen LogP contribution is -2.45. The Balaban J connectivity index is 2.20. The third-order valence-corrected chi connectivity index (χ3v) is 5.14. The smallest absolute Gasteiger partial charge is 0.0474 e. The van der Waals surface area contributed by atoms with Gasteiger partial charge in [0, 0.05) is 40.2 Å². The van der Waals surface area contributed by atoms with Gasteiger partial charge in [0.15, 0.2) is 0 Å². The van der Waals surface area contributed by atoms with Gasteiger partial charge in [-0.25, -0.2) is 0 Å². The first kappa shape index (κ1) is 13.6. The van der Waals surface area contributed by atoms with Crippen molar-refractivity contribution in [3.63, 3.8) is 0 Å². The van der Waals surface area contributed by atoms with E-state index in [0.29, 0.717) is 18.6 Å². The second kappa shape index (κ2) is 6.41. The highest BCUT2D eigenvalue weighted by Crippen LogP contribution is 2.27. The van der Waals surface area contributed by atoms with Gasteiger partial charge in [0.1, 0.15) is 0 Å².